The first kappa shape index (κ1) is 22.8. The molecule has 1 N–H and O–H groups in total. The summed E-state index contributed by atoms with van der Waals surface area (Å²) in [4.78, 5) is 17.8. The largest absolute Gasteiger partial charge is 0.497 e. The summed E-state index contributed by atoms with van der Waals surface area (Å²) < 4.78 is 5.35. The quantitative estimate of drug-likeness (QED) is 0.330. The van der Waals surface area contributed by atoms with Gasteiger partial charge in [-0.15, -0.1) is 0 Å². The molecule has 0 aliphatic carbocycles. The highest BCUT2D eigenvalue weighted by Gasteiger charge is 2.14. The lowest BCUT2D eigenvalue weighted by Gasteiger charge is -2.11. The van der Waals surface area contributed by atoms with Gasteiger partial charge in [0.05, 0.1) is 23.9 Å². The van der Waals surface area contributed by atoms with E-state index in [1.807, 2.05) is 54.6 Å². The highest BCUT2D eigenvalue weighted by atomic mass is 16.5. The molecule has 0 atom stereocenters. The number of pyridine rings is 1. The number of methoxy groups -OCH3 is 1. The molecule has 1 aromatic heterocycles. The van der Waals surface area contributed by atoms with E-state index in [-0.39, 0.29) is 5.91 Å². The average Bonchev–Trinajstić information content (AvgIpc) is 2.82. The van der Waals surface area contributed by atoms with Crippen molar-refractivity contribution in [2.45, 2.75) is 58.3 Å². The number of ether oxygens (including phenoxy) is 1. The molecule has 4 heteroatoms. The molecule has 0 fully saturated rings. The summed E-state index contributed by atoms with van der Waals surface area (Å²) in [7, 11) is 1.65. The number of unbranched alkanes of at least 4 members (excludes halogenated alkanes) is 7. The molecule has 0 saturated carbocycles. The fourth-order valence-corrected chi connectivity index (χ4v) is 3.85. The van der Waals surface area contributed by atoms with Gasteiger partial charge in [0.15, 0.2) is 0 Å². The van der Waals surface area contributed by atoms with E-state index >= 15 is 0 Å². The van der Waals surface area contributed by atoms with E-state index in [4.69, 9.17) is 9.72 Å². The van der Waals surface area contributed by atoms with Crippen molar-refractivity contribution in [3.63, 3.8) is 0 Å². The van der Waals surface area contributed by atoms with Gasteiger partial charge in [-0.2, -0.15) is 0 Å². The van der Waals surface area contributed by atoms with Crippen molar-refractivity contribution in [3.8, 4) is 17.0 Å². The van der Waals surface area contributed by atoms with Gasteiger partial charge in [0.25, 0.3) is 5.91 Å². The van der Waals surface area contributed by atoms with Crippen LogP contribution in [-0.4, -0.2) is 24.5 Å². The number of benzene rings is 2. The number of para-hydroxylation sites is 1. The molecule has 0 saturated heterocycles. The van der Waals surface area contributed by atoms with Gasteiger partial charge in [0.1, 0.15) is 5.75 Å². The van der Waals surface area contributed by atoms with E-state index in [1.165, 1.54) is 44.9 Å². The normalized spacial score (nSPS) is 10.9. The van der Waals surface area contributed by atoms with Crippen molar-refractivity contribution in [2.24, 2.45) is 0 Å². The summed E-state index contributed by atoms with van der Waals surface area (Å²) in [6.07, 6.45) is 10.0. The lowest BCUT2D eigenvalue weighted by atomic mass is 10.0. The Morgan fingerprint density at radius 2 is 1.65 bits per heavy atom. The number of carbonyl (C=O) groups is 1. The highest BCUT2D eigenvalue weighted by molar-refractivity contribution is 6.07. The molecule has 31 heavy (non-hydrogen) atoms. The first-order chi connectivity index (χ1) is 15.2. The van der Waals surface area contributed by atoms with Crippen LogP contribution in [0.4, 0.5) is 0 Å². The second-order valence-corrected chi connectivity index (χ2v) is 8.03. The monoisotopic (exact) mass is 418 g/mol. The number of nitrogens with one attached hydrogen (secondary N) is 1. The van der Waals surface area contributed by atoms with Crippen LogP contribution in [0.3, 0.4) is 0 Å². The van der Waals surface area contributed by atoms with E-state index < -0.39 is 0 Å². The fraction of sp³-hybridized carbons (Fsp3) is 0.407. The van der Waals surface area contributed by atoms with Gasteiger partial charge in [0.2, 0.25) is 0 Å². The zero-order valence-corrected chi connectivity index (χ0v) is 18.8. The maximum absolute atomic E-state index is 13.0. The van der Waals surface area contributed by atoms with Crippen molar-refractivity contribution in [3.05, 3.63) is 60.2 Å². The van der Waals surface area contributed by atoms with Crippen molar-refractivity contribution < 1.29 is 9.53 Å². The molecule has 0 unspecified atom stereocenters. The summed E-state index contributed by atoms with van der Waals surface area (Å²) in [5.41, 5.74) is 3.19. The molecule has 1 heterocycles. The number of nitrogens with zero attached hydrogens (tertiary/aromatic N) is 1. The molecule has 0 radical (unpaired) electrons. The summed E-state index contributed by atoms with van der Waals surface area (Å²) in [6.45, 7) is 2.95. The third-order valence-corrected chi connectivity index (χ3v) is 5.64. The summed E-state index contributed by atoms with van der Waals surface area (Å²) in [6, 6.07) is 17.5. The first-order valence-corrected chi connectivity index (χ1v) is 11.6. The lowest BCUT2D eigenvalue weighted by Crippen LogP contribution is -2.24. The number of rotatable bonds is 12. The molecular formula is C27H34N2O2. The molecule has 1 amide bonds. The van der Waals surface area contributed by atoms with Gasteiger partial charge < -0.3 is 10.1 Å². The molecule has 0 bridgehead atoms. The standard InChI is InChI=1S/C27H34N2O2/c1-3-4-5-6-7-8-9-12-18-28-27(30)24-20-26(21-14-13-15-22(19-21)31-2)29-25-17-11-10-16-23(24)25/h10-11,13-17,19-20H,3-9,12,18H2,1-2H3,(H,28,30). The molecule has 0 aliphatic heterocycles. The third-order valence-electron chi connectivity index (χ3n) is 5.64. The summed E-state index contributed by atoms with van der Waals surface area (Å²) >= 11 is 0. The number of carbonyl (C=O) groups excluding carboxylic acids is 1. The number of hydrogen-bond donors (Lipinski definition) is 1. The maximum Gasteiger partial charge on any atom is 0.252 e. The first-order valence-electron chi connectivity index (χ1n) is 11.6. The predicted molar refractivity (Wildman–Crippen MR) is 129 cm³/mol. The SMILES string of the molecule is CCCCCCCCCCNC(=O)c1cc(-c2cccc(OC)c2)nc2ccccc12. The van der Waals surface area contributed by atoms with E-state index in [1.54, 1.807) is 7.11 Å². The number of hydrogen-bond acceptors (Lipinski definition) is 3. The molecule has 0 spiro atoms. The Labute approximate surface area is 186 Å². The lowest BCUT2D eigenvalue weighted by molar-refractivity contribution is 0.0954. The predicted octanol–water partition coefficient (Wildman–Crippen LogP) is 6.78. The Hall–Kier alpha value is -2.88. The van der Waals surface area contributed by atoms with Crippen LogP contribution in [0.1, 0.15) is 68.6 Å². The van der Waals surface area contributed by atoms with Crippen LogP contribution < -0.4 is 10.1 Å². The van der Waals surface area contributed by atoms with Crippen LogP contribution in [0.5, 0.6) is 5.75 Å². The number of fused-ring (bicyclic) bond motifs is 1. The Kier molecular flexibility index (Phi) is 8.89. The van der Waals surface area contributed by atoms with Crippen LogP contribution in [0.2, 0.25) is 0 Å². The minimum Gasteiger partial charge on any atom is -0.497 e. The Balaban J connectivity index is 1.65. The van der Waals surface area contributed by atoms with E-state index in [9.17, 15) is 4.79 Å². The number of amides is 1. The molecule has 0 aliphatic rings. The van der Waals surface area contributed by atoms with Crippen molar-refractivity contribution in [1.29, 1.82) is 0 Å². The van der Waals surface area contributed by atoms with Crippen molar-refractivity contribution in [2.75, 3.05) is 13.7 Å². The minimum absolute atomic E-state index is 0.0364. The van der Waals surface area contributed by atoms with Gasteiger partial charge in [-0.3, -0.25) is 4.79 Å². The molecule has 2 aromatic carbocycles. The van der Waals surface area contributed by atoms with Crippen LogP contribution in [0.25, 0.3) is 22.2 Å². The maximum atomic E-state index is 13.0. The van der Waals surface area contributed by atoms with Crippen LogP contribution in [-0.2, 0) is 0 Å². The van der Waals surface area contributed by atoms with Gasteiger partial charge in [-0.1, -0.05) is 82.2 Å². The van der Waals surface area contributed by atoms with Crippen molar-refractivity contribution >= 4 is 16.8 Å². The van der Waals surface area contributed by atoms with E-state index in [0.717, 1.165) is 34.3 Å². The molecule has 4 nitrogen and oxygen atoms in total. The van der Waals surface area contributed by atoms with Gasteiger partial charge in [-0.25, -0.2) is 4.98 Å². The van der Waals surface area contributed by atoms with Gasteiger partial charge in [0, 0.05) is 17.5 Å². The molecule has 164 valence electrons. The smallest absolute Gasteiger partial charge is 0.252 e. The minimum atomic E-state index is -0.0364. The van der Waals surface area contributed by atoms with Crippen molar-refractivity contribution in [1.82, 2.24) is 10.3 Å². The highest BCUT2D eigenvalue weighted by Crippen LogP contribution is 2.27. The van der Waals surface area contributed by atoms with Gasteiger partial charge in [-0.05, 0) is 30.7 Å². The number of aromatic nitrogens is 1. The zero-order chi connectivity index (χ0) is 21.9. The van der Waals surface area contributed by atoms with Gasteiger partial charge >= 0.3 is 0 Å². The Bertz CT molecular complexity index is 984. The second kappa shape index (κ2) is 12.1. The summed E-state index contributed by atoms with van der Waals surface area (Å²) in [5.74, 6) is 0.735. The average molecular weight is 419 g/mol. The molecule has 3 aromatic rings. The Morgan fingerprint density at radius 3 is 2.42 bits per heavy atom. The fourth-order valence-electron chi connectivity index (χ4n) is 3.85. The summed E-state index contributed by atoms with van der Waals surface area (Å²) in [5, 5.41) is 3.99. The molecular weight excluding hydrogens is 384 g/mol. The topological polar surface area (TPSA) is 51.2 Å². The zero-order valence-electron chi connectivity index (χ0n) is 18.8. The molecule has 3 rings (SSSR count). The second-order valence-electron chi connectivity index (χ2n) is 8.03. The van der Waals surface area contributed by atoms with E-state index in [0.29, 0.717) is 12.1 Å². The Morgan fingerprint density at radius 1 is 0.903 bits per heavy atom. The third kappa shape index (κ3) is 6.55. The van der Waals surface area contributed by atoms with Crippen LogP contribution in [0, 0.1) is 0 Å². The van der Waals surface area contributed by atoms with E-state index in [2.05, 4.69) is 12.2 Å². The van der Waals surface area contributed by atoms with Crippen LogP contribution in [0.15, 0.2) is 54.6 Å². The van der Waals surface area contributed by atoms with Crippen LogP contribution >= 0.6 is 0 Å².